The van der Waals surface area contributed by atoms with Gasteiger partial charge in [-0.15, -0.1) is 0 Å². The summed E-state index contributed by atoms with van der Waals surface area (Å²) >= 11 is 0. The highest BCUT2D eigenvalue weighted by Crippen LogP contribution is 2.49. The van der Waals surface area contributed by atoms with Gasteiger partial charge in [0.2, 0.25) is 0 Å². The fraction of sp³-hybridized carbons (Fsp3) is 0.933. The van der Waals surface area contributed by atoms with Crippen molar-refractivity contribution >= 4 is 13.8 Å². The van der Waals surface area contributed by atoms with Crippen LogP contribution in [0.3, 0.4) is 0 Å². The van der Waals surface area contributed by atoms with Gasteiger partial charge in [-0.1, -0.05) is 0 Å². The standard InChI is InChI=1S/C15H33NO6P/c1-6-20-23(18,21-7-2)22-14-13-16(3,4)12-10-8-9-11-15(17)19-5/h6-14H2,1-5H3/q+1. The average Bonchev–Trinajstić information content (AvgIpc) is 2.46. The van der Waals surface area contributed by atoms with E-state index in [9.17, 15) is 9.36 Å². The van der Waals surface area contributed by atoms with E-state index in [4.69, 9.17) is 13.6 Å². The number of rotatable bonds is 14. The summed E-state index contributed by atoms with van der Waals surface area (Å²) < 4.78 is 33.1. The molecule has 0 saturated carbocycles. The van der Waals surface area contributed by atoms with E-state index in [-0.39, 0.29) is 19.2 Å². The summed E-state index contributed by atoms with van der Waals surface area (Å²) in [5, 5.41) is 0. The molecular weight excluding hydrogens is 321 g/mol. The van der Waals surface area contributed by atoms with E-state index in [0.717, 1.165) is 30.3 Å². The second kappa shape index (κ2) is 12.0. The zero-order chi connectivity index (χ0) is 17.8. The molecule has 0 bridgehead atoms. The average molecular weight is 354 g/mol. The molecule has 0 N–H and O–H groups in total. The number of methoxy groups -OCH3 is 1. The lowest BCUT2D eigenvalue weighted by molar-refractivity contribution is -0.890. The molecule has 0 aromatic carbocycles. The van der Waals surface area contributed by atoms with Crippen LogP contribution in [-0.2, 0) is 27.7 Å². The van der Waals surface area contributed by atoms with Gasteiger partial charge in [0.25, 0.3) is 0 Å². The van der Waals surface area contributed by atoms with Gasteiger partial charge < -0.3 is 9.22 Å². The molecule has 138 valence electrons. The number of quaternary nitrogens is 1. The summed E-state index contributed by atoms with van der Waals surface area (Å²) in [6.07, 6.45) is 3.30. The normalized spacial score (nSPS) is 12.4. The lowest BCUT2D eigenvalue weighted by Gasteiger charge is -2.30. The Labute approximate surface area is 140 Å². The Morgan fingerprint density at radius 3 is 2.09 bits per heavy atom. The topological polar surface area (TPSA) is 71.1 Å². The molecule has 0 fully saturated rings. The van der Waals surface area contributed by atoms with Gasteiger partial charge >= 0.3 is 13.8 Å². The molecular formula is C15H33NO6P+. The number of carbonyl (C=O) groups is 1. The molecule has 0 unspecified atom stereocenters. The number of phosphoric ester groups is 1. The van der Waals surface area contributed by atoms with E-state index in [2.05, 4.69) is 18.8 Å². The van der Waals surface area contributed by atoms with E-state index < -0.39 is 7.82 Å². The molecule has 0 amide bonds. The van der Waals surface area contributed by atoms with E-state index in [1.807, 2.05) is 0 Å². The molecule has 0 aromatic rings. The largest absolute Gasteiger partial charge is 0.474 e. The van der Waals surface area contributed by atoms with Gasteiger partial charge in [-0.25, -0.2) is 4.57 Å². The first-order valence-electron chi connectivity index (χ1n) is 8.21. The van der Waals surface area contributed by atoms with E-state index in [1.165, 1.54) is 7.11 Å². The van der Waals surface area contributed by atoms with Crippen molar-refractivity contribution in [3.05, 3.63) is 0 Å². The van der Waals surface area contributed by atoms with Crippen molar-refractivity contribution in [2.45, 2.75) is 39.5 Å². The summed E-state index contributed by atoms with van der Waals surface area (Å²) in [4.78, 5) is 11.0. The summed E-state index contributed by atoms with van der Waals surface area (Å²) in [6, 6.07) is 0. The highest BCUT2D eigenvalue weighted by atomic mass is 31.2. The van der Waals surface area contributed by atoms with Crippen LogP contribution in [0.4, 0.5) is 0 Å². The van der Waals surface area contributed by atoms with Crippen molar-refractivity contribution in [1.29, 1.82) is 0 Å². The third-order valence-electron chi connectivity index (χ3n) is 3.39. The molecule has 0 atom stereocenters. The van der Waals surface area contributed by atoms with Crippen molar-refractivity contribution < 1.29 is 32.2 Å². The predicted octanol–water partition coefficient (Wildman–Crippen LogP) is 2.99. The minimum absolute atomic E-state index is 0.158. The SMILES string of the molecule is CCOP(=O)(OCC)OCC[N+](C)(C)CCCCCC(=O)OC. The Kier molecular flexibility index (Phi) is 11.7. The maximum Gasteiger partial charge on any atom is 0.474 e. The monoisotopic (exact) mass is 354 g/mol. The number of hydrogen-bond donors (Lipinski definition) is 0. The van der Waals surface area contributed by atoms with Gasteiger partial charge in [0.1, 0.15) is 13.2 Å². The van der Waals surface area contributed by atoms with Crippen LogP contribution >= 0.6 is 7.82 Å². The molecule has 0 aliphatic heterocycles. The third kappa shape index (κ3) is 11.7. The minimum Gasteiger partial charge on any atom is -0.469 e. The van der Waals surface area contributed by atoms with Gasteiger partial charge in [0, 0.05) is 6.42 Å². The number of carbonyl (C=O) groups excluding carboxylic acids is 1. The third-order valence-corrected chi connectivity index (χ3v) is 5.04. The highest BCUT2D eigenvalue weighted by Gasteiger charge is 2.26. The number of phosphoric acid groups is 1. The number of ether oxygens (including phenoxy) is 1. The second-order valence-electron chi connectivity index (χ2n) is 5.89. The summed E-state index contributed by atoms with van der Waals surface area (Å²) in [6.45, 7) is 6.06. The molecule has 23 heavy (non-hydrogen) atoms. The van der Waals surface area contributed by atoms with Crippen LogP contribution in [-0.4, -0.2) is 64.6 Å². The Balaban J connectivity index is 3.98. The van der Waals surface area contributed by atoms with Gasteiger partial charge in [-0.2, -0.15) is 0 Å². The van der Waals surface area contributed by atoms with Gasteiger partial charge in [-0.3, -0.25) is 18.4 Å². The predicted molar refractivity (Wildman–Crippen MR) is 89.1 cm³/mol. The highest BCUT2D eigenvalue weighted by molar-refractivity contribution is 7.48. The van der Waals surface area contributed by atoms with Crippen LogP contribution in [0.5, 0.6) is 0 Å². The fourth-order valence-corrected chi connectivity index (χ4v) is 3.19. The Hall–Kier alpha value is -0.460. The Morgan fingerprint density at radius 2 is 1.57 bits per heavy atom. The van der Waals surface area contributed by atoms with Crippen LogP contribution in [0.15, 0.2) is 0 Å². The molecule has 0 saturated heterocycles. The summed E-state index contributed by atoms with van der Waals surface area (Å²) in [5.74, 6) is -0.158. The lowest BCUT2D eigenvalue weighted by atomic mass is 10.2. The van der Waals surface area contributed by atoms with Crippen molar-refractivity contribution in [1.82, 2.24) is 0 Å². The van der Waals surface area contributed by atoms with Crippen LogP contribution in [0.2, 0.25) is 0 Å². The van der Waals surface area contributed by atoms with Crippen LogP contribution < -0.4 is 0 Å². The van der Waals surface area contributed by atoms with Crippen LogP contribution in [0.25, 0.3) is 0 Å². The molecule has 0 aliphatic carbocycles. The smallest absolute Gasteiger partial charge is 0.469 e. The number of unbranched alkanes of at least 4 members (excludes halogenated alkanes) is 2. The maximum atomic E-state index is 12.2. The number of likely N-dealkylation sites (N-methyl/N-ethyl adjacent to an activating group) is 1. The molecule has 0 aromatic heterocycles. The fourth-order valence-electron chi connectivity index (χ4n) is 2.03. The Bertz CT molecular complexity index is 365. The number of hydrogen-bond acceptors (Lipinski definition) is 6. The van der Waals surface area contributed by atoms with Crippen molar-refractivity contribution in [3.8, 4) is 0 Å². The van der Waals surface area contributed by atoms with Gasteiger partial charge in [-0.05, 0) is 33.1 Å². The first-order valence-corrected chi connectivity index (χ1v) is 9.67. The van der Waals surface area contributed by atoms with Gasteiger partial charge in [0.05, 0.1) is 41.0 Å². The molecule has 8 heteroatoms. The van der Waals surface area contributed by atoms with E-state index >= 15 is 0 Å². The molecule has 0 heterocycles. The first kappa shape index (κ1) is 22.5. The van der Waals surface area contributed by atoms with Crippen molar-refractivity contribution in [2.24, 2.45) is 0 Å². The zero-order valence-electron chi connectivity index (χ0n) is 15.2. The second-order valence-corrected chi connectivity index (χ2v) is 7.55. The maximum absolute atomic E-state index is 12.2. The summed E-state index contributed by atoms with van der Waals surface area (Å²) in [5.41, 5.74) is 0. The number of esters is 1. The number of nitrogens with zero attached hydrogens (tertiary/aromatic N) is 1. The van der Waals surface area contributed by atoms with Gasteiger partial charge in [0.15, 0.2) is 0 Å². The molecule has 0 rings (SSSR count). The molecule has 0 spiro atoms. The van der Waals surface area contributed by atoms with E-state index in [0.29, 0.717) is 19.6 Å². The quantitative estimate of drug-likeness (QED) is 0.207. The van der Waals surface area contributed by atoms with Crippen molar-refractivity contribution in [2.75, 3.05) is 54.1 Å². The molecule has 0 radical (unpaired) electrons. The molecule has 7 nitrogen and oxygen atoms in total. The Morgan fingerprint density at radius 1 is 0.957 bits per heavy atom. The molecule has 0 aliphatic rings. The summed E-state index contributed by atoms with van der Waals surface area (Å²) in [7, 11) is 2.18. The van der Waals surface area contributed by atoms with E-state index in [1.54, 1.807) is 13.8 Å². The lowest BCUT2D eigenvalue weighted by Crippen LogP contribution is -2.43. The first-order chi connectivity index (χ1) is 10.8. The minimum atomic E-state index is -3.42. The van der Waals surface area contributed by atoms with Crippen LogP contribution in [0.1, 0.15) is 39.5 Å². The van der Waals surface area contributed by atoms with Crippen molar-refractivity contribution in [3.63, 3.8) is 0 Å². The zero-order valence-corrected chi connectivity index (χ0v) is 16.1. The van der Waals surface area contributed by atoms with Crippen LogP contribution in [0, 0.1) is 0 Å².